The van der Waals surface area contributed by atoms with Gasteiger partial charge in [-0.1, -0.05) is 25.5 Å². The van der Waals surface area contributed by atoms with E-state index in [1.54, 1.807) is 23.1 Å². The van der Waals surface area contributed by atoms with Gasteiger partial charge < -0.3 is 4.90 Å². The summed E-state index contributed by atoms with van der Waals surface area (Å²) in [5.41, 5.74) is 0.895. The largest absolute Gasteiger partial charge is 0.342 e. The van der Waals surface area contributed by atoms with Crippen molar-refractivity contribution in [1.29, 1.82) is 0 Å². The number of hydrogen-bond donors (Lipinski definition) is 1. The minimum Gasteiger partial charge on any atom is -0.342 e. The van der Waals surface area contributed by atoms with Gasteiger partial charge in [-0.25, -0.2) is 13.1 Å². The smallest absolute Gasteiger partial charge is 0.240 e. The number of nitrogens with zero attached hydrogens (tertiary/aromatic N) is 1. The van der Waals surface area contributed by atoms with Crippen LogP contribution in [0.4, 0.5) is 0 Å². The van der Waals surface area contributed by atoms with E-state index in [0.717, 1.165) is 18.4 Å². The molecule has 0 heterocycles. The van der Waals surface area contributed by atoms with Gasteiger partial charge in [0.15, 0.2) is 0 Å². The first-order valence-corrected chi connectivity index (χ1v) is 8.67. The summed E-state index contributed by atoms with van der Waals surface area (Å²) < 4.78 is 26.8. The molecule has 0 aliphatic heterocycles. The molecule has 0 atom stereocenters. The zero-order valence-corrected chi connectivity index (χ0v) is 13.7. The van der Waals surface area contributed by atoms with Crippen LogP contribution in [0.2, 0.25) is 0 Å². The van der Waals surface area contributed by atoms with Crippen LogP contribution in [0.1, 0.15) is 32.3 Å². The maximum Gasteiger partial charge on any atom is 0.240 e. The summed E-state index contributed by atoms with van der Waals surface area (Å²) >= 11 is 0. The van der Waals surface area contributed by atoms with Crippen LogP contribution in [0, 0.1) is 6.92 Å². The van der Waals surface area contributed by atoms with Crippen molar-refractivity contribution in [1.82, 2.24) is 9.62 Å². The Kier molecular flexibility index (Phi) is 6.84. The van der Waals surface area contributed by atoms with Gasteiger partial charge in [0.1, 0.15) is 0 Å². The average Bonchev–Trinajstić information content (AvgIpc) is 2.42. The zero-order chi connectivity index (χ0) is 15.9. The molecule has 0 bridgehead atoms. The monoisotopic (exact) mass is 312 g/mol. The van der Waals surface area contributed by atoms with Crippen molar-refractivity contribution in [3.8, 4) is 0 Å². The summed E-state index contributed by atoms with van der Waals surface area (Å²) in [6.45, 7) is 6.68. The highest BCUT2D eigenvalue weighted by Crippen LogP contribution is 2.10. The molecule has 1 aromatic rings. The molecule has 1 aromatic carbocycles. The Morgan fingerprint density at radius 2 is 2.00 bits per heavy atom. The van der Waals surface area contributed by atoms with E-state index in [1.165, 1.54) is 6.92 Å². The molecule has 0 aliphatic rings. The molecule has 1 amide bonds. The maximum atomic E-state index is 12.1. The Bertz CT molecular complexity index is 570. The van der Waals surface area contributed by atoms with Crippen LogP contribution in [0.15, 0.2) is 29.2 Å². The van der Waals surface area contributed by atoms with E-state index < -0.39 is 10.0 Å². The summed E-state index contributed by atoms with van der Waals surface area (Å²) in [5.74, 6) is -0.0294. The van der Waals surface area contributed by atoms with Gasteiger partial charge in [-0.15, -0.1) is 0 Å². The van der Waals surface area contributed by atoms with Crippen LogP contribution in [0.25, 0.3) is 0 Å². The SMILES string of the molecule is CCCCN(CCNS(=O)(=O)c1cccc(C)c1)C(C)=O. The van der Waals surface area contributed by atoms with Gasteiger partial charge in [0.05, 0.1) is 4.90 Å². The first kappa shape index (κ1) is 17.7. The Labute approximate surface area is 127 Å². The molecule has 0 spiro atoms. The van der Waals surface area contributed by atoms with Crippen molar-refractivity contribution >= 4 is 15.9 Å². The standard InChI is InChI=1S/C15H24N2O3S/c1-4-5-10-17(14(3)18)11-9-16-21(19,20)15-8-6-7-13(2)12-15/h6-8,12,16H,4-5,9-11H2,1-3H3. The molecule has 1 N–H and O–H groups in total. The second-order valence-electron chi connectivity index (χ2n) is 5.07. The summed E-state index contributed by atoms with van der Waals surface area (Å²) in [5, 5.41) is 0. The molecule has 0 aromatic heterocycles. The molecule has 0 saturated heterocycles. The minimum atomic E-state index is -3.51. The Morgan fingerprint density at radius 3 is 2.57 bits per heavy atom. The first-order valence-electron chi connectivity index (χ1n) is 7.18. The lowest BCUT2D eigenvalue weighted by atomic mass is 10.2. The van der Waals surface area contributed by atoms with Crippen molar-refractivity contribution in [2.45, 2.75) is 38.5 Å². The van der Waals surface area contributed by atoms with Crippen LogP contribution in [-0.4, -0.2) is 38.9 Å². The third-order valence-corrected chi connectivity index (χ3v) is 4.66. The van der Waals surface area contributed by atoms with Gasteiger partial charge in [-0.3, -0.25) is 4.79 Å². The van der Waals surface area contributed by atoms with Crippen molar-refractivity contribution in [2.75, 3.05) is 19.6 Å². The van der Waals surface area contributed by atoms with Gasteiger partial charge in [0.25, 0.3) is 0 Å². The number of sulfonamides is 1. The number of unbranched alkanes of at least 4 members (excludes halogenated alkanes) is 1. The topological polar surface area (TPSA) is 66.5 Å². The molecule has 0 fully saturated rings. The second-order valence-corrected chi connectivity index (χ2v) is 6.84. The van der Waals surface area contributed by atoms with Crippen molar-refractivity contribution < 1.29 is 13.2 Å². The Balaban J connectivity index is 2.59. The fourth-order valence-corrected chi connectivity index (χ4v) is 3.08. The van der Waals surface area contributed by atoms with E-state index in [0.29, 0.717) is 13.1 Å². The lowest BCUT2D eigenvalue weighted by Gasteiger charge is -2.20. The fraction of sp³-hybridized carbons (Fsp3) is 0.533. The van der Waals surface area contributed by atoms with Gasteiger partial charge >= 0.3 is 0 Å². The van der Waals surface area contributed by atoms with Gasteiger partial charge in [-0.2, -0.15) is 0 Å². The number of aryl methyl sites for hydroxylation is 1. The summed E-state index contributed by atoms with van der Waals surface area (Å²) in [4.78, 5) is 13.4. The predicted molar refractivity (Wildman–Crippen MR) is 83.5 cm³/mol. The van der Waals surface area contributed by atoms with Crippen LogP contribution in [-0.2, 0) is 14.8 Å². The van der Waals surface area contributed by atoms with E-state index in [4.69, 9.17) is 0 Å². The number of rotatable bonds is 8. The van der Waals surface area contributed by atoms with E-state index in [9.17, 15) is 13.2 Å². The molecule has 1 rings (SSSR count). The molecule has 0 saturated carbocycles. The summed E-state index contributed by atoms with van der Waals surface area (Å²) in [6, 6.07) is 6.76. The molecule has 0 unspecified atom stereocenters. The minimum absolute atomic E-state index is 0.0294. The Hall–Kier alpha value is -1.40. The third kappa shape index (κ3) is 5.85. The van der Waals surface area contributed by atoms with Gasteiger partial charge in [0, 0.05) is 26.6 Å². The highest BCUT2D eigenvalue weighted by atomic mass is 32.2. The highest BCUT2D eigenvalue weighted by molar-refractivity contribution is 7.89. The number of hydrogen-bond acceptors (Lipinski definition) is 3. The molecule has 118 valence electrons. The molecule has 21 heavy (non-hydrogen) atoms. The second kappa shape index (κ2) is 8.14. The lowest BCUT2D eigenvalue weighted by Crippen LogP contribution is -2.38. The number of benzene rings is 1. The van der Waals surface area contributed by atoms with Crippen molar-refractivity contribution in [3.63, 3.8) is 0 Å². The van der Waals surface area contributed by atoms with E-state index in [1.807, 2.05) is 13.0 Å². The zero-order valence-electron chi connectivity index (χ0n) is 12.9. The van der Waals surface area contributed by atoms with Crippen molar-refractivity contribution in [2.24, 2.45) is 0 Å². The highest BCUT2D eigenvalue weighted by Gasteiger charge is 2.14. The average molecular weight is 312 g/mol. The quantitative estimate of drug-likeness (QED) is 0.797. The summed E-state index contributed by atoms with van der Waals surface area (Å²) in [6.07, 6.45) is 1.92. The number of carbonyl (C=O) groups excluding carboxylic acids is 1. The van der Waals surface area contributed by atoms with Crippen LogP contribution in [0.5, 0.6) is 0 Å². The summed E-state index contributed by atoms with van der Waals surface area (Å²) in [7, 11) is -3.51. The third-order valence-electron chi connectivity index (χ3n) is 3.20. The molecular weight excluding hydrogens is 288 g/mol. The number of carbonyl (C=O) groups is 1. The molecular formula is C15H24N2O3S. The molecule has 0 radical (unpaired) electrons. The number of amides is 1. The normalized spacial score (nSPS) is 11.4. The maximum absolute atomic E-state index is 12.1. The fourth-order valence-electron chi connectivity index (χ4n) is 1.96. The predicted octanol–water partition coefficient (Wildman–Crippen LogP) is 1.92. The molecule has 5 nitrogen and oxygen atoms in total. The van der Waals surface area contributed by atoms with E-state index in [-0.39, 0.29) is 17.3 Å². The number of nitrogens with one attached hydrogen (secondary N) is 1. The Morgan fingerprint density at radius 1 is 1.29 bits per heavy atom. The van der Waals surface area contributed by atoms with Crippen LogP contribution >= 0.6 is 0 Å². The lowest BCUT2D eigenvalue weighted by molar-refractivity contribution is -0.128. The molecule has 6 heteroatoms. The van der Waals surface area contributed by atoms with Crippen LogP contribution < -0.4 is 4.72 Å². The van der Waals surface area contributed by atoms with Crippen molar-refractivity contribution in [3.05, 3.63) is 29.8 Å². The van der Waals surface area contributed by atoms with E-state index >= 15 is 0 Å². The van der Waals surface area contributed by atoms with Gasteiger partial charge in [-0.05, 0) is 31.0 Å². The van der Waals surface area contributed by atoms with Crippen LogP contribution in [0.3, 0.4) is 0 Å². The van der Waals surface area contributed by atoms with Gasteiger partial charge in [0.2, 0.25) is 15.9 Å². The van der Waals surface area contributed by atoms with E-state index in [2.05, 4.69) is 11.6 Å². The first-order chi connectivity index (χ1) is 9.86. The molecule has 0 aliphatic carbocycles.